The number of unbranched alkanes of at least 4 members (excludes halogenated alkanes) is 1. The number of aromatic amines is 1. The second kappa shape index (κ2) is 6.62. The van der Waals surface area contributed by atoms with Gasteiger partial charge < -0.3 is 4.74 Å². The Balaban J connectivity index is 2.22. The molecule has 0 unspecified atom stereocenters. The van der Waals surface area contributed by atoms with E-state index in [1.165, 1.54) is 12.3 Å². The van der Waals surface area contributed by atoms with Gasteiger partial charge >= 0.3 is 0 Å². The first-order chi connectivity index (χ1) is 7.67. The van der Waals surface area contributed by atoms with Crippen LogP contribution in [0, 0.1) is 0 Å². The lowest BCUT2D eigenvalue weighted by molar-refractivity contribution is 0.136. The van der Waals surface area contributed by atoms with Crippen molar-refractivity contribution in [3.63, 3.8) is 0 Å². The molecular formula is C9H17N3O3S. The zero-order valence-corrected chi connectivity index (χ0v) is 10.1. The molecule has 1 aromatic rings. The summed E-state index contributed by atoms with van der Waals surface area (Å²) in [7, 11) is -3.46. The minimum atomic E-state index is -3.46. The maximum absolute atomic E-state index is 11.5. The molecule has 1 heterocycles. The predicted octanol–water partition coefficient (Wildman–Crippen LogP) is 0.505. The number of nitrogens with zero attached hydrogens (tertiary/aromatic N) is 1. The van der Waals surface area contributed by atoms with Gasteiger partial charge in [0, 0.05) is 13.2 Å². The Hall–Kier alpha value is -0.920. The number of aromatic nitrogens is 2. The summed E-state index contributed by atoms with van der Waals surface area (Å²) in [5.74, 6) is 0. The van der Waals surface area contributed by atoms with Crippen molar-refractivity contribution in [1.82, 2.24) is 14.9 Å². The van der Waals surface area contributed by atoms with Crippen molar-refractivity contribution in [3.05, 3.63) is 12.3 Å². The Morgan fingerprint density at radius 1 is 1.50 bits per heavy atom. The Morgan fingerprint density at radius 2 is 2.31 bits per heavy atom. The molecule has 0 aromatic carbocycles. The van der Waals surface area contributed by atoms with Gasteiger partial charge in [-0.2, -0.15) is 5.10 Å². The van der Waals surface area contributed by atoms with Crippen LogP contribution in [-0.4, -0.2) is 38.4 Å². The molecule has 0 aliphatic carbocycles. The van der Waals surface area contributed by atoms with Crippen LogP contribution in [0.1, 0.15) is 19.8 Å². The molecule has 6 nitrogen and oxygen atoms in total. The first-order valence-electron chi connectivity index (χ1n) is 5.23. The van der Waals surface area contributed by atoms with Crippen LogP contribution in [0.2, 0.25) is 0 Å². The second-order valence-electron chi connectivity index (χ2n) is 3.28. The van der Waals surface area contributed by atoms with Gasteiger partial charge in [0.25, 0.3) is 10.0 Å². The molecule has 0 saturated heterocycles. The molecule has 0 aliphatic rings. The summed E-state index contributed by atoms with van der Waals surface area (Å²) in [4.78, 5) is 0. The van der Waals surface area contributed by atoms with Crippen LogP contribution in [0.4, 0.5) is 0 Å². The maximum Gasteiger partial charge on any atom is 0.257 e. The van der Waals surface area contributed by atoms with Crippen LogP contribution in [0.15, 0.2) is 17.3 Å². The zero-order chi connectivity index (χ0) is 11.9. The molecule has 0 aliphatic heterocycles. The lowest BCUT2D eigenvalue weighted by Crippen LogP contribution is -2.27. The van der Waals surface area contributed by atoms with Crippen molar-refractivity contribution in [3.8, 4) is 0 Å². The molecule has 0 bridgehead atoms. The fraction of sp³-hybridized carbons (Fsp3) is 0.667. The van der Waals surface area contributed by atoms with Crippen LogP contribution < -0.4 is 4.72 Å². The molecular weight excluding hydrogens is 230 g/mol. The highest BCUT2D eigenvalue weighted by atomic mass is 32.2. The Bertz CT molecular complexity index is 375. The minimum Gasteiger partial charge on any atom is -0.380 e. The van der Waals surface area contributed by atoms with Gasteiger partial charge in [0.1, 0.15) is 0 Å². The first-order valence-corrected chi connectivity index (χ1v) is 6.72. The van der Waals surface area contributed by atoms with Crippen molar-refractivity contribution < 1.29 is 13.2 Å². The van der Waals surface area contributed by atoms with E-state index in [2.05, 4.69) is 21.8 Å². The molecule has 92 valence electrons. The van der Waals surface area contributed by atoms with Crippen molar-refractivity contribution >= 4 is 10.0 Å². The number of hydrogen-bond donors (Lipinski definition) is 2. The number of nitrogens with one attached hydrogen (secondary N) is 2. The minimum absolute atomic E-state index is 0.0704. The Kier molecular flexibility index (Phi) is 5.44. The van der Waals surface area contributed by atoms with Gasteiger partial charge in [0.15, 0.2) is 5.03 Å². The lowest BCUT2D eigenvalue weighted by atomic mass is 10.4. The van der Waals surface area contributed by atoms with Gasteiger partial charge in [-0.15, -0.1) is 0 Å². The van der Waals surface area contributed by atoms with E-state index in [-0.39, 0.29) is 11.6 Å². The third kappa shape index (κ3) is 4.30. The number of hydrogen-bond acceptors (Lipinski definition) is 4. The van der Waals surface area contributed by atoms with E-state index in [1.807, 2.05) is 0 Å². The molecule has 7 heteroatoms. The van der Waals surface area contributed by atoms with Gasteiger partial charge in [0.2, 0.25) is 0 Å². The molecule has 16 heavy (non-hydrogen) atoms. The number of sulfonamides is 1. The molecule has 0 atom stereocenters. The summed E-state index contributed by atoms with van der Waals surface area (Å²) < 4.78 is 30.7. The highest BCUT2D eigenvalue weighted by Crippen LogP contribution is 2.01. The highest BCUT2D eigenvalue weighted by Gasteiger charge is 2.13. The third-order valence-corrected chi connectivity index (χ3v) is 3.34. The quantitative estimate of drug-likeness (QED) is 0.655. The maximum atomic E-state index is 11.5. The normalized spacial score (nSPS) is 11.8. The Labute approximate surface area is 95.4 Å². The van der Waals surface area contributed by atoms with Crippen LogP contribution >= 0.6 is 0 Å². The lowest BCUT2D eigenvalue weighted by Gasteiger charge is -2.05. The third-order valence-electron chi connectivity index (χ3n) is 1.95. The smallest absolute Gasteiger partial charge is 0.257 e. The highest BCUT2D eigenvalue weighted by molar-refractivity contribution is 7.89. The SMILES string of the molecule is CCCCOCCNS(=O)(=O)c1ccn[nH]1. The van der Waals surface area contributed by atoms with Gasteiger partial charge in [-0.1, -0.05) is 13.3 Å². The van der Waals surface area contributed by atoms with Crippen LogP contribution in [0.5, 0.6) is 0 Å². The van der Waals surface area contributed by atoms with Gasteiger partial charge in [0.05, 0.1) is 12.8 Å². The zero-order valence-electron chi connectivity index (χ0n) is 9.27. The summed E-state index contributed by atoms with van der Waals surface area (Å²) in [6, 6.07) is 1.40. The van der Waals surface area contributed by atoms with Gasteiger partial charge in [-0.25, -0.2) is 13.1 Å². The van der Waals surface area contributed by atoms with Crippen molar-refractivity contribution in [2.45, 2.75) is 24.8 Å². The molecule has 0 fully saturated rings. The van der Waals surface area contributed by atoms with E-state index in [1.54, 1.807) is 0 Å². The number of H-pyrrole nitrogens is 1. The molecule has 2 N–H and O–H groups in total. The molecule has 1 aromatic heterocycles. The Morgan fingerprint density at radius 3 is 2.94 bits per heavy atom. The number of ether oxygens (including phenoxy) is 1. The van der Waals surface area contributed by atoms with E-state index in [9.17, 15) is 8.42 Å². The summed E-state index contributed by atoms with van der Waals surface area (Å²) in [6.07, 6.45) is 3.46. The molecule has 0 saturated carbocycles. The fourth-order valence-electron chi connectivity index (χ4n) is 1.07. The van der Waals surface area contributed by atoms with Crippen LogP contribution in [-0.2, 0) is 14.8 Å². The largest absolute Gasteiger partial charge is 0.380 e. The average Bonchev–Trinajstić information content (AvgIpc) is 2.77. The van der Waals surface area contributed by atoms with Crippen LogP contribution in [0.25, 0.3) is 0 Å². The molecule has 0 spiro atoms. The van der Waals surface area contributed by atoms with E-state index in [4.69, 9.17) is 4.74 Å². The van der Waals surface area contributed by atoms with Crippen molar-refractivity contribution in [2.24, 2.45) is 0 Å². The summed E-state index contributed by atoms with van der Waals surface area (Å²) in [5, 5.41) is 6.05. The van der Waals surface area contributed by atoms with E-state index in [0.29, 0.717) is 13.2 Å². The summed E-state index contributed by atoms with van der Waals surface area (Å²) >= 11 is 0. The second-order valence-corrected chi connectivity index (χ2v) is 5.02. The monoisotopic (exact) mass is 247 g/mol. The fourth-order valence-corrected chi connectivity index (χ4v) is 1.99. The summed E-state index contributed by atoms with van der Waals surface area (Å²) in [5.41, 5.74) is 0. The van der Waals surface area contributed by atoms with Gasteiger partial charge in [-0.05, 0) is 12.5 Å². The first kappa shape index (κ1) is 13.1. The van der Waals surface area contributed by atoms with Crippen LogP contribution in [0.3, 0.4) is 0 Å². The average molecular weight is 247 g/mol. The van der Waals surface area contributed by atoms with Crippen molar-refractivity contribution in [1.29, 1.82) is 0 Å². The number of rotatable bonds is 8. The van der Waals surface area contributed by atoms with Crippen molar-refractivity contribution in [2.75, 3.05) is 19.8 Å². The molecule has 0 radical (unpaired) electrons. The summed E-state index contributed by atoms with van der Waals surface area (Å²) in [6.45, 7) is 3.39. The predicted molar refractivity (Wildman–Crippen MR) is 59.5 cm³/mol. The standard InChI is InChI=1S/C9H17N3O3S/c1-2-3-7-15-8-6-11-16(13,14)9-4-5-10-12-9/h4-5,11H,2-3,6-8H2,1H3,(H,10,12). The van der Waals surface area contributed by atoms with Gasteiger partial charge in [-0.3, -0.25) is 5.10 Å². The molecule has 1 rings (SSSR count). The van der Waals surface area contributed by atoms with E-state index < -0.39 is 10.0 Å². The molecule has 0 amide bonds. The van der Waals surface area contributed by atoms with E-state index in [0.717, 1.165) is 12.8 Å². The van der Waals surface area contributed by atoms with E-state index >= 15 is 0 Å². The topological polar surface area (TPSA) is 84.1 Å².